The van der Waals surface area contributed by atoms with Gasteiger partial charge in [0.1, 0.15) is 5.82 Å². The highest BCUT2D eigenvalue weighted by Crippen LogP contribution is 2.37. The van der Waals surface area contributed by atoms with Crippen molar-refractivity contribution in [3.8, 4) is 11.1 Å². The van der Waals surface area contributed by atoms with Crippen molar-refractivity contribution in [2.24, 2.45) is 0 Å². The predicted molar refractivity (Wildman–Crippen MR) is 60.6 cm³/mol. The predicted octanol–water partition coefficient (Wildman–Crippen LogP) is 3.40. The molecule has 1 heterocycles. The third-order valence-corrected chi connectivity index (χ3v) is 2.61. The fourth-order valence-electron chi connectivity index (χ4n) is 1.79. The van der Waals surface area contributed by atoms with Gasteiger partial charge in [0.05, 0.1) is 24.1 Å². The summed E-state index contributed by atoms with van der Waals surface area (Å²) < 4.78 is 51.9. The molecule has 2 aromatic rings. The molecule has 100 valence electrons. The van der Waals surface area contributed by atoms with Crippen LogP contribution in [0.4, 0.5) is 17.6 Å². The zero-order valence-corrected chi connectivity index (χ0v) is 9.58. The average Bonchev–Trinajstić information content (AvgIpc) is 2.37. The molecule has 0 saturated carbocycles. The van der Waals surface area contributed by atoms with Crippen molar-refractivity contribution in [1.82, 2.24) is 4.98 Å². The minimum Gasteiger partial charge on any atom is -0.390 e. The topological polar surface area (TPSA) is 33.1 Å². The molecule has 19 heavy (non-hydrogen) atoms. The first-order valence-corrected chi connectivity index (χ1v) is 5.35. The van der Waals surface area contributed by atoms with Crippen LogP contribution in [-0.4, -0.2) is 10.1 Å². The summed E-state index contributed by atoms with van der Waals surface area (Å²) in [4.78, 5) is 3.60. The third-order valence-electron chi connectivity index (χ3n) is 2.61. The quantitative estimate of drug-likeness (QED) is 0.849. The van der Waals surface area contributed by atoms with Gasteiger partial charge in [0.25, 0.3) is 0 Å². The maximum absolute atomic E-state index is 13.2. The standard InChI is InChI=1S/C13H9F4NO/c14-8-5-10(12(7-19)18-6-8)9-3-1-2-4-11(9)13(15,16)17/h1-6,19H,7H2. The van der Waals surface area contributed by atoms with E-state index < -0.39 is 24.2 Å². The van der Waals surface area contributed by atoms with Crippen LogP contribution < -0.4 is 0 Å². The van der Waals surface area contributed by atoms with Crippen LogP contribution >= 0.6 is 0 Å². The molecule has 0 bridgehead atoms. The van der Waals surface area contributed by atoms with Crippen molar-refractivity contribution >= 4 is 0 Å². The summed E-state index contributed by atoms with van der Waals surface area (Å²) in [5.41, 5.74) is -1.16. The molecule has 0 aliphatic heterocycles. The van der Waals surface area contributed by atoms with Gasteiger partial charge in [-0.15, -0.1) is 0 Å². The van der Waals surface area contributed by atoms with Gasteiger partial charge < -0.3 is 5.11 Å². The van der Waals surface area contributed by atoms with E-state index in [1.165, 1.54) is 18.2 Å². The van der Waals surface area contributed by atoms with E-state index in [1.54, 1.807) is 0 Å². The summed E-state index contributed by atoms with van der Waals surface area (Å²) in [6.07, 6.45) is -3.71. The number of alkyl halides is 3. The van der Waals surface area contributed by atoms with Crippen LogP contribution in [-0.2, 0) is 12.8 Å². The Hall–Kier alpha value is -1.95. The second-order valence-electron chi connectivity index (χ2n) is 3.85. The third kappa shape index (κ3) is 2.73. The molecule has 1 aromatic heterocycles. The summed E-state index contributed by atoms with van der Waals surface area (Å²) in [6.45, 7) is -0.568. The highest BCUT2D eigenvalue weighted by Gasteiger charge is 2.33. The van der Waals surface area contributed by atoms with E-state index in [0.717, 1.165) is 18.3 Å². The van der Waals surface area contributed by atoms with E-state index in [-0.39, 0.29) is 16.8 Å². The van der Waals surface area contributed by atoms with Crippen molar-refractivity contribution < 1.29 is 22.7 Å². The number of aromatic nitrogens is 1. The molecule has 0 aliphatic carbocycles. The molecule has 6 heteroatoms. The lowest BCUT2D eigenvalue weighted by Crippen LogP contribution is -2.08. The van der Waals surface area contributed by atoms with Crippen LogP contribution in [0.2, 0.25) is 0 Å². The fourth-order valence-corrected chi connectivity index (χ4v) is 1.79. The van der Waals surface area contributed by atoms with E-state index in [4.69, 9.17) is 5.11 Å². The maximum atomic E-state index is 13.2. The molecule has 0 unspecified atom stereocenters. The number of benzene rings is 1. The summed E-state index contributed by atoms with van der Waals surface area (Å²) in [5.74, 6) is -0.760. The largest absolute Gasteiger partial charge is 0.417 e. The molecule has 2 rings (SSSR count). The Morgan fingerprint density at radius 1 is 1.11 bits per heavy atom. The van der Waals surface area contributed by atoms with E-state index in [9.17, 15) is 17.6 Å². The molecule has 0 atom stereocenters. The SMILES string of the molecule is OCc1ncc(F)cc1-c1ccccc1C(F)(F)F. The summed E-state index contributed by atoms with van der Waals surface area (Å²) in [7, 11) is 0. The molecule has 0 amide bonds. The molecule has 1 aromatic carbocycles. The second-order valence-corrected chi connectivity index (χ2v) is 3.85. The van der Waals surface area contributed by atoms with Crippen LogP contribution in [0.5, 0.6) is 0 Å². The maximum Gasteiger partial charge on any atom is 0.417 e. The van der Waals surface area contributed by atoms with E-state index >= 15 is 0 Å². The van der Waals surface area contributed by atoms with Crippen molar-refractivity contribution in [3.05, 3.63) is 53.6 Å². The Morgan fingerprint density at radius 2 is 1.79 bits per heavy atom. The number of aliphatic hydroxyl groups is 1. The molecule has 0 saturated heterocycles. The Labute approximate surface area is 106 Å². The van der Waals surface area contributed by atoms with Gasteiger partial charge >= 0.3 is 6.18 Å². The van der Waals surface area contributed by atoms with Crippen LogP contribution in [0.3, 0.4) is 0 Å². The zero-order chi connectivity index (χ0) is 14.0. The molecule has 1 N–H and O–H groups in total. The lowest BCUT2D eigenvalue weighted by atomic mass is 9.98. The first-order valence-electron chi connectivity index (χ1n) is 5.35. The van der Waals surface area contributed by atoms with Crippen LogP contribution in [0, 0.1) is 5.82 Å². The molecule has 0 spiro atoms. The van der Waals surface area contributed by atoms with Gasteiger partial charge in [-0.3, -0.25) is 4.98 Å². The Morgan fingerprint density at radius 3 is 2.42 bits per heavy atom. The van der Waals surface area contributed by atoms with Crippen LogP contribution in [0.1, 0.15) is 11.3 Å². The molecule has 0 aliphatic rings. The fraction of sp³-hybridized carbons (Fsp3) is 0.154. The lowest BCUT2D eigenvalue weighted by molar-refractivity contribution is -0.137. The normalized spacial score (nSPS) is 11.6. The van der Waals surface area contributed by atoms with E-state index in [0.29, 0.717) is 0 Å². The number of aliphatic hydroxyl groups excluding tert-OH is 1. The van der Waals surface area contributed by atoms with Crippen LogP contribution in [0.15, 0.2) is 36.5 Å². The van der Waals surface area contributed by atoms with Crippen molar-refractivity contribution in [1.29, 1.82) is 0 Å². The first kappa shape index (κ1) is 13.5. The van der Waals surface area contributed by atoms with Gasteiger partial charge in [-0.2, -0.15) is 13.2 Å². The summed E-state index contributed by atoms with van der Waals surface area (Å²) in [5, 5.41) is 9.10. The molecule has 0 fully saturated rings. The highest BCUT2D eigenvalue weighted by atomic mass is 19.4. The average molecular weight is 271 g/mol. The number of hydrogen-bond donors (Lipinski definition) is 1. The highest BCUT2D eigenvalue weighted by molar-refractivity contribution is 5.70. The number of nitrogens with zero attached hydrogens (tertiary/aromatic N) is 1. The number of halogens is 4. The molecule has 0 radical (unpaired) electrons. The molecule has 2 nitrogen and oxygen atoms in total. The van der Waals surface area contributed by atoms with Crippen LogP contribution in [0.25, 0.3) is 11.1 Å². The summed E-state index contributed by atoms with van der Waals surface area (Å²) in [6, 6.07) is 5.72. The summed E-state index contributed by atoms with van der Waals surface area (Å²) >= 11 is 0. The Balaban J connectivity index is 2.69. The van der Waals surface area contributed by atoms with Gasteiger partial charge in [0.15, 0.2) is 0 Å². The Kier molecular flexibility index (Phi) is 3.53. The smallest absolute Gasteiger partial charge is 0.390 e. The second kappa shape index (κ2) is 4.97. The zero-order valence-electron chi connectivity index (χ0n) is 9.58. The number of pyridine rings is 1. The van der Waals surface area contributed by atoms with Crippen molar-refractivity contribution in [3.63, 3.8) is 0 Å². The Bertz CT molecular complexity index is 595. The van der Waals surface area contributed by atoms with Crippen molar-refractivity contribution in [2.75, 3.05) is 0 Å². The van der Waals surface area contributed by atoms with Crippen molar-refractivity contribution in [2.45, 2.75) is 12.8 Å². The van der Waals surface area contributed by atoms with Gasteiger partial charge in [0, 0.05) is 5.56 Å². The monoisotopic (exact) mass is 271 g/mol. The lowest BCUT2D eigenvalue weighted by Gasteiger charge is -2.14. The first-order chi connectivity index (χ1) is 8.93. The van der Waals surface area contributed by atoms with Gasteiger partial charge in [-0.25, -0.2) is 4.39 Å². The number of rotatable bonds is 2. The molecular weight excluding hydrogens is 262 g/mol. The van der Waals surface area contributed by atoms with Gasteiger partial charge in [0.2, 0.25) is 0 Å². The molecular formula is C13H9F4NO. The minimum absolute atomic E-state index is 0.00176. The number of hydrogen-bond acceptors (Lipinski definition) is 2. The van der Waals surface area contributed by atoms with E-state index in [2.05, 4.69) is 4.98 Å². The van der Waals surface area contributed by atoms with Gasteiger partial charge in [-0.05, 0) is 17.7 Å². The van der Waals surface area contributed by atoms with Gasteiger partial charge in [-0.1, -0.05) is 18.2 Å². The minimum atomic E-state index is -4.56. The van der Waals surface area contributed by atoms with E-state index in [1.807, 2.05) is 0 Å².